The van der Waals surface area contributed by atoms with Gasteiger partial charge in [-0.15, -0.1) is 10.2 Å². The van der Waals surface area contributed by atoms with Crippen LogP contribution in [0.15, 0.2) is 36.7 Å². The van der Waals surface area contributed by atoms with Crippen molar-refractivity contribution in [2.45, 2.75) is 38.5 Å². The zero-order chi connectivity index (χ0) is 19.4. The van der Waals surface area contributed by atoms with Gasteiger partial charge in [0.25, 0.3) is 5.91 Å². The number of hydrogen-bond acceptors (Lipinski definition) is 5. The van der Waals surface area contributed by atoms with Crippen LogP contribution < -0.4 is 5.32 Å². The first-order valence-electron chi connectivity index (χ1n) is 9.07. The SMILES string of the molecule is CC(C)N1C(=O)CO[C@H](C(=O)NCCc2nncn2C)[C@H]1c1ccccc1. The van der Waals surface area contributed by atoms with Crippen molar-refractivity contribution >= 4 is 11.8 Å². The molecule has 2 heterocycles. The van der Waals surface area contributed by atoms with Crippen molar-refractivity contribution in [3.05, 3.63) is 48.0 Å². The fraction of sp³-hybridized carbons (Fsp3) is 0.474. The van der Waals surface area contributed by atoms with Crippen molar-refractivity contribution in [2.75, 3.05) is 13.2 Å². The summed E-state index contributed by atoms with van der Waals surface area (Å²) < 4.78 is 7.49. The van der Waals surface area contributed by atoms with Gasteiger partial charge in [0.05, 0.1) is 6.04 Å². The van der Waals surface area contributed by atoms with E-state index in [2.05, 4.69) is 15.5 Å². The van der Waals surface area contributed by atoms with E-state index in [9.17, 15) is 9.59 Å². The Morgan fingerprint density at radius 2 is 2.07 bits per heavy atom. The van der Waals surface area contributed by atoms with E-state index in [1.807, 2.05) is 55.8 Å². The number of nitrogens with zero attached hydrogens (tertiary/aromatic N) is 4. The quantitative estimate of drug-likeness (QED) is 0.813. The molecule has 2 aromatic rings. The van der Waals surface area contributed by atoms with E-state index < -0.39 is 12.1 Å². The van der Waals surface area contributed by atoms with Crippen molar-refractivity contribution < 1.29 is 14.3 Å². The van der Waals surface area contributed by atoms with Crippen LogP contribution in [0.1, 0.15) is 31.3 Å². The smallest absolute Gasteiger partial charge is 0.251 e. The second kappa shape index (κ2) is 8.30. The van der Waals surface area contributed by atoms with Gasteiger partial charge in [-0.05, 0) is 19.4 Å². The molecule has 0 radical (unpaired) electrons. The molecule has 8 heteroatoms. The normalized spacial score (nSPS) is 20.1. The average Bonchev–Trinajstić information content (AvgIpc) is 3.06. The minimum Gasteiger partial charge on any atom is -0.356 e. The molecule has 1 aromatic carbocycles. The molecule has 1 aliphatic heterocycles. The lowest BCUT2D eigenvalue weighted by Crippen LogP contribution is -2.56. The first-order valence-corrected chi connectivity index (χ1v) is 9.07. The van der Waals surface area contributed by atoms with E-state index >= 15 is 0 Å². The Labute approximate surface area is 158 Å². The lowest BCUT2D eigenvalue weighted by atomic mass is 9.96. The predicted molar refractivity (Wildman–Crippen MR) is 98.6 cm³/mol. The van der Waals surface area contributed by atoms with Crippen LogP contribution in [-0.4, -0.2) is 56.8 Å². The number of amides is 2. The summed E-state index contributed by atoms with van der Waals surface area (Å²) in [4.78, 5) is 27.0. The molecule has 144 valence electrons. The van der Waals surface area contributed by atoms with Gasteiger partial charge in [0.15, 0.2) is 6.10 Å². The number of ether oxygens (including phenoxy) is 1. The van der Waals surface area contributed by atoms with Crippen LogP contribution >= 0.6 is 0 Å². The van der Waals surface area contributed by atoms with Gasteiger partial charge in [0, 0.05) is 26.1 Å². The van der Waals surface area contributed by atoms with E-state index in [0.29, 0.717) is 13.0 Å². The van der Waals surface area contributed by atoms with Gasteiger partial charge in [0.1, 0.15) is 18.8 Å². The van der Waals surface area contributed by atoms with Gasteiger partial charge in [0.2, 0.25) is 5.91 Å². The van der Waals surface area contributed by atoms with Gasteiger partial charge in [-0.1, -0.05) is 30.3 Å². The monoisotopic (exact) mass is 371 g/mol. The van der Waals surface area contributed by atoms with Crippen molar-refractivity contribution in [1.29, 1.82) is 0 Å². The van der Waals surface area contributed by atoms with E-state index in [-0.39, 0.29) is 24.5 Å². The molecule has 0 unspecified atom stereocenters. The third-order valence-electron chi connectivity index (χ3n) is 4.67. The van der Waals surface area contributed by atoms with Crippen LogP contribution in [0.3, 0.4) is 0 Å². The number of rotatable bonds is 6. The molecule has 1 N–H and O–H groups in total. The van der Waals surface area contributed by atoms with Gasteiger partial charge >= 0.3 is 0 Å². The summed E-state index contributed by atoms with van der Waals surface area (Å²) in [6.07, 6.45) is 1.43. The minimum absolute atomic E-state index is 0.0412. The highest BCUT2D eigenvalue weighted by molar-refractivity contribution is 5.86. The fourth-order valence-electron chi connectivity index (χ4n) is 3.37. The first kappa shape index (κ1) is 19.0. The van der Waals surface area contributed by atoms with Crippen LogP contribution in [0.5, 0.6) is 0 Å². The maximum atomic E-state index is 12.9. The molecule has 3 rings (SSSR count). The minimum atomic E-state index is -0.757. The number of aromatic nitrogens is 3. The number of benzene rings is 1. The zero-order valence-corrected chi connectivity index (χ0v) is 15.8. The lowest BCUT2D eigenvalue weighted by Gasteiger charge is -2.42. The van der Waals surface area contributed by atoms with Crippen LogP contribution in [0.4, 0.5) is 0 Å². The van der Waals surface area contributed by atoms with Gasteiger partial charge in [-0.3, -0.25) is 9.59 Å². The largest absolute Gasteiger partial charge is 0.356 e. The van der Waals surface area contributed by atoms with Crippen molar-refractivity contribution in [2.24, 2.45) is 7.05 Å². The maximum absolute atomic E-state index is 12.9. The highest BCUT2D eigenvalue weighted by Gasteiger charge is 2.42. The number of hydrogen-bond donors (Lipinski definition) is 1. The standard InChI is InChI=1S/C19H25N5O3/c1-13(2)24-16(25)11-27-18(17(24)14-7-5-4-6-8-14)19(26)20-10-9-15-22-21-12-23(15)3/h4-8,12-13,17-18H,9-11H2,1-3H3,(H,20,26)/t17-,18+/m1/s1. The van der Waals surface area contributed by atoms with Gasteiger partial charge < -0.3 is 19.5 Å². The number of carbonyl (C=O) groups excluding carboxylic acids is 2. The Morgan fingerprint density at radius 3 is 2.70 bits per heavy atom. The molecule has 0 aliphatic carbocycles. The number of morpholine rings is 1. The molecule has 0 spiro atoms. The molecule has 1 aromatic heterocycles. The molecular formula is C19H25N5O3. The maximum Gasteiger partial charge on any atom is 0.251 e. The summed E-state index contributed by atoms with van der Waals surface area (Å²) in [6.45, 7) is 4.22. The second-order valence-electron chi connectivity index (χ2n) is 6.88. The van der Waals surface area contributed by atoms with E-state index in [1.165, 1.54) is 0 Å². The van der Waals surface area contributed by atoms with E-state index in [4.69, 9.17) is 4.74 Å². The molecule has 1 fully saturated rings. The van der Waals surface area contributed by atoms with Crippen molar-refractivity contribution in [3.63, 3.8) is 0 Å². The molecule has 0 saturated carbocycles. The summed E-state index contributed by atoms with van der Waals surface area (Å²) in [5.41, 5.74) is 0.882. The highest BCUT2D eigenvalue weighted by atomic mass is 16.5. The zero-order valence-electron chi connectivity index (χ0n) is 15.8. The second-order valence-corrected chi connectivity index (χ2v) is 6.88. The Hall–Kier alpha value is -2.74. The Morgan fingerprint density at radius 1 is 1.33 bits per heavy atom. The number of aryl methyl sites for hydroxylation is 1. The van der Waals surface area contributed by atoms with Gasteiger partial charge in [-0.2, -0.15) is 0 Å². The Balaban J connectivity index is 1.75. The van der Waals surface area contributed by atoms with Crippen LogP contribution in [0.2, 0.25) is 0 Å². The average molecular weight is 371 g/mol. The molecule has 2 atom stereocenters. The summed E-state index contributed by atoms with van der Waals surface area (Å²) in [6, 6.07) is 9.04. The molecule has 2 amide bonds. The summed E-state index contributed by atoms with van der Waals surface area (Å²) in [5, 5.41) is 10.7. The third-order valence-corrected chi connectivity index (χ3v) is 4.67. The topological polar surface area (TPSA) is 89.3 Å². The molecule has 0 bridgehead atoms. The Kier molecular flexibility index (Phi) is 5.85. The predicted octanol–water partition coefficient (Wildman–Crippen LogP) is 0.851. The molecule has 1 saturated heterocycles. The van der Waals surface area contributed by atoms with E-state index in [1.54, 1.807) is 11.2 Å². The first-order chi connectivity index (χ1) is 13.0. The molecule has 27 heavy (non-hydrogen) atoms. The van der Waals surface area contributed by atoms with Crippen LogP contribution in [0.25, 0.3) is 0 Å². The van der Waals surface area contributed by atoms with Crippen molar-refractivity contribution in [1.82, 2.24) is 25.0 Å². The summed E-state index contributed by atoms with van der Waals surface area (Å²) >= 11 is 0. The fourth-order valence-corrected chi connectivity index (χ4v) is 3.37. The lowest BCUT2D eigenvalue weighted by molar-refractivity contribution is -0.167. The van der Waals surface area contributed by atoms with Crippen molar-refractivity contribution in [3.8, 4) is 0 Å². The number of nitrogens with one attached hydrogen (secondary N) is 1. The van der Waals surface area contributed by atoms with Crippen LogP contribution in [-0.2, 0) is 27.8 Å². The highest BCUT2D eigenvalue weighted by Crippen LogP contribution is 2.32. The molecular weight excluding hydrogens is 346 g/mol. The molecule has 1 aliphatic rings. The van der Waals surface area contributed by atoms with Gasteiger partial charge in [-0.25, -0.2) is 0 Å². The molecule has 8 nitrogen and oxygen atoms in total. The third kappa shape index (κ3) is 4.16. The summed E-state index contributed by atoms with van der Waals surface area (Å²) in [5.74, 6) is 0.449. The summed E-state index contributed by atoms with van der Waals surface area (Å²) in [7, 11) is 1.86. The Bertz CT molecular complexity index is 790. The van der Waals surface area contributed by atoms with Crippen LogP contribution in [0, 0.1) is 0 Å². The number of carbonyl (C=O) groups is 2. The van der Waals surface area contributed by atoms with E-state index in [0.717, 1.165) is 11.4 Å².